The number of carbonyl (C=O) groups is 2. The molecule has 5 heteroatoms. The van der Waals surface area contributed by atoms with Crippen molar-refractivity contribution in [2.45, 2.75) is 25.2 Å². The van der Waals surface area contributed by atoms with Gasteiger partial charge in [-0.3, -0.25) is 9.59 Å². The fraction of sp³-hybridized carbons (Fsp3) is 0.263. The molecule has 1 saturated carbocycles. The second kappa shape index (κ2) is 6.65. The van der Waals surface area contributed by atoms with Gasteiger partial charge in [-0.25, -0.2) is 0 Å². The van der Waals surface area contributed by atoms with Crippen LogP contribution in [0, 0.1) is 0 Å². The molecule has 3 rings (SSSR count). The van der Waals surface area contributed by atoms with Crippen molar-refractivity contribution in [1.29, 1.82) is 0 Å². The Bertz CT molecular complexity index is 770. The third-order valence-corrected chi connectivity index (χ3v) is 4.69. The van der Waals surface area contributed by atoms with Crippen molar-refractivity contribution >= 4 is 29.1 Å². The summed E-state index contributed by atoms with van der Waals surface area (Å²) < 4.78 is 0. The lowest BCUT2D eigenvalue weighted by molar-refractivity contribution is -0.114. The molecule has 124 valence electrons. The third kappa shape index (κ3) is 3.60. The van der Waals surface area contributed by atoms with Crippen molar-refractivity contribution in [2.24, 2.45) is 0 Å². The summed E-state index contributed by atoms with van der Waals surface area (Å²) in [4.78, 5) is 23.7. The summed E-state index contributed by atoms with van der Waals surface area (Å²) in [5, 5.41) is 6.01. The van der Waals surface area contributed by atoms with Gasteiger partial charge in [-0.05, 0) is 36.6 Å². The molecule has 0 saturated heterocycles. The molecule has 4 nitrogen and oxygen atoms in total. The highest BCUT2D eigenvalue weighted by atomic mass is 35.5. The van der Waals surface area contributed by atoms with E-state index in [1.54, 1.807) is 18.2 Å². The minimum atomic E-state index is -0.227. The largest absolute Gasteiger partial charge is 0.351 e. The lowest BCUT2D eigenvalue weighted by Crippen LogP contribution is -2.32. The van der Waals surface area contributed by atoms with E-state index in [-0.39, 0.29) is 17.2 Å². The van der Waals surface area contributed by atoms with Crippen molar-refractivity contribution in [3.05, 3.63) is 64.7 Å². The van der Waals surface area contributed by atoms with Gasteiger partial charge in [0.25, 0.3) is 5.91 Å². The number of benzene rings is 2. The van der Waals surface area contributed by atoms with Gasteiger partial charge in [0.05, 0.1) is 10.6 Å². The summed E-state index contributed by atoms with van der Waals surface area (Å²) in [6.45, 7) is 2.00. The van der Waals surface area contributed by atoms with Crippen LogP contribution >= 0.6 is 11.6 Å². The van der Waals surface area contributed by atoms with Crippen LogP contribution in [-0.2, 0) is 10.2 Å². The van der Waals surface area contributed by atoms with E-state index in [0.717, 1.165) is 12.8 Å². The van der Waals surface area contributed by atoms with Crippen LogP contribution in [0.1, 0.15) is 35.7 Å². The normalized spacial score (nSPS) is 14.8. The molecule has 2 aromatic carbocycles. The van der Waals surface area contributed by atoms with Crippen LogP contribution < -0.4 is 10.6 Å². The number of nitrogens with one attached hydrogen (secondary N) is 2. The van der Waals surface area contributed by atoms with Crippen LogP contribution in [0.15, 0.2) is 48.5 Å². The van der Waals surface area contributed by atoms with E-state index in [1.165, 1.54) is 12.5 Å². The average Bonchev–Trinajstić information content (AvgIpc) is 3.36. The maximum absolute atomic E-state index is 12.5. The van der Waals surface area contributed by atoms with Gasteiger partial charge < -0.3 is 10.6 Å². The van der Waals surface area contributed by atoms with E-state index in [1.807, 2.05) is 18.2 Å². The second-order valence-corrected chi connectivity index (χ2v) is 6.61. The van der Waals surface area contributed by atoms with Crippen molar-refractivity contribution in [2.75, 3.05) is 11.9 Å². The molecule has 0 unspecified atom stereocenters. The van der Waals surface area contributed by atoms with Crippen molar-refractivity contribution in [3.8, 4) is 0 Å². The highest BCUT2D eigenvalue weighted by molar-refractivity contribution is 6.34. The highest BCUT2D eigenvalue weighted by Crippen LogP contribution is 2.47. The Balaban J connectivity index is 1.70. The first-order valence-electron chi connectivity index (χ1n) is 7.91. The number of hydrogen-bond donors (Lipinski definition) is 2. The lowest BCUT2D eigenvalue weighted by atomic mass is 9.96. The van der Waals surface area contributed by atoms with Gasteiger partial charge in [0, 0.05) is 24.6 Å². The monoisotopic (exact) mass is 342 g/mol. The summed E-state index contributed by atoms with van der Waals surface area (Å²) >= 11 is 6.14. The summed E-state index contributed by atoms with van der Waals surface area (Å²) in [7, 11) is 0. The van der Waals surface area contributed by atoms with Crippen molar-refractivity contribution < 1.29 is 9.59 Å². The SMILES string of the molecule is CC(=O)Nc1ccc(Cl)c(C(=O)NCC2(c3ccccc3)CC2)c1. The molecule has 2 N–H and O–H groups in total. The van der Waals surface area contributed by atoms with Gasteiger partial charge in [-0.15, -0.1) is 0 Å². The first-order valence-corrected chi connectivity index (χ1v) is 8.29. The maximum atomic E-state index is 12.5. The molecule has 1 aliphatic rings. The zero-order valence-corrected chi connectivity index (χ0v) is 14.2. The first-order chi connectivity index (χ1) is 11.5. The van der Waals surface area contributed by atoms with E-state index in [9.17, 15) is 9.59 Å². The van der Waals surface area contributed by atoms with Gasteiger partial charge in [0.15, 0.2) is 0 Å². The van der Waals surface area contributed by atoms with Crippen LogP contribution in [0.3, 0.4) is 0 Å². The molecule has 0 spiro atoms. The second-order valence-electron chi connectivity index (χ2n) is 6.20. The van der Waals surface area contributed by atoms with Gasteiger partial charge in [0.1, 0.15) is 0 Å². The Kier molecular flexibility index (Phi) is 4.58. The number of rotatable bonds is 5. The summed E-state index contributed by atoms with van der Waals surface area (Å²) in [6.07, 6.45) is 2.13. The fourth-order valence-electron chi connectivity index (χ4n) is 2.84. The minimum absolute atomic E-state index is 0.0403. The standard InChI is InChI=1S/C19H19ClN2O2/c1-13(23)22-15-7-8-17(20)16(11-15)18(24)21-12-19(9-10-19)14-5-3-2-4-6-14/h2-8,11H,9-10,12H2,1H3,(H,21,24)(H,22,23). The topological polar surface area (TPSA) is 58.2 Å². The molecule has 2 aromatic rings. The Morgan fingerprint density at radius 1 is 1.12 bits per heavy atom. The molecule has 0 bridgehead atoms. The molecule has 24 heavy (non-hydrogen) atoms. The molecule has 0 heterocycles. The number of anilines is 1. The molecule has 0 atom stereocenters. The molecule has 0 radical (unpaired) electrons. The molecular formula is C19H19ClN2O2. The molecule has 1 fully saturated rings. The van der Waals surface area contributed by atoms with Gasteiger partial charge in [-0.2, -0.15) is 0 Å². The molecule has 1 aliphatic carbocycles. The number of hydrogen-bond acceptors (Lipinski definition) is 2. The van der Waals surface area contributed by atoms with E-state index in [2.05, 4.69) is 22.8 Å². The Morgan fingerprint density at radius 3 is 2.46 bits per heavy atom. The Morgan fingerprint density at radius 2 is 1.83 bits per heavy atom. The molecule has 2 amide bonds. The van der Waals surface area contributed by atoms with Crippen LogP contribution in [0.5, 0.6) is 0 Å². The number of halogens is 1. The first kappa shape index (κ1) is 16.5. The molecule has 0 aliphatic heterocycles. The summed E-state index contributed by atoms with van der Waals surface area (Å²) in [5.41, 5.74) is 2.22. The predicted molar refractivity (Wildman–Crippen MR) is 95.4 cm³/mol. The molecule has 0 aromatic heterocycles. The average molecular weight is 343 g/mol. The predicted octanol–water partition coefficient (Wildman–Crippen LogP) is 3.76. The van der Waals surface area contributed by atoms with Crippen LogP contribution in [0.25, 0.3) is 0 Å². The lowest BCUT2D eigenvalue weighted by Gasteiger charge is -2.17. The number of carbonyl (C=O) groups excluding carboxylic acids is 2. The Labute approximate surface area is 146 Å². The third-order valence-electron chi connectivity index (χ3n) is 4.36. The summed E-state index contributed by atoms with van der Waals surface area (Å²) in [6, 6.07) is 15.1. The zero-order chi connectivity index (χ0) is 17.2. The van der Waals surface area contributed by atoms with E-state index >= 15 is 0 Å². The van der Waals surface area contributed by atoms with E-state index < -0.39 is 0 Å². The van der Waals surface area contributed by atoms with Crippen LogP contribution in [0.4, 0.5) is 5.69 Å². The smallest absolute Gasteiger partial charge is 0.252 e. The zero-order valence-electron chi connectivity index (χ0n) is 13.4. The molecular weight excluding hydrogens is 324 g/mol. The maximum Gasteiger partial charge on any atom is 0.252 e. The highest BCUT2D eigenvalue weighted by Gasteiger charge is 2.44. The van der Waals surface area contributed by atoms with E-state index in [4.69, 9.17) is 11.6 Å². The quantitative estimate of drug-likeness (QED) is 0.869. The van der Waals surface area contributed by atoms with Crippen LogP contribution in [0.2, 0.25) is 5.02 Å². The fourth-order valence-corrected chi connectivity index (χ4v) is 3.04. The van der Waals surface area contributed by atoms with Gasteiger partial charge in [-0.1, -0.05) is 41.9 Å². The van der Waals surface area contributed by atoms with Gasteiger partial charge in [0.2, 0.25) is 5.91 Å². The minimum Gasteiger partial charge on any atom is -0.351 e. The Hall–Kier alpha value is -2.33. The van der Waals surface area contributed by atoms with Crippen molar-refractivity contribution in [3.63, 3.8) is 0 Å². The van der Waals surface area contributed by atoms with E-state index in [0.29, 0.717) is 22.8 Å². The summed E-state index contributed by atoms with van der Waals surface area (Å²) in [5.74, 6) is -0.418. The van der Waals surface area contributed by atoms with Crippen LogP contribution in [-0.4, -0.2) is 18.4 Å². The number of amides is 2. The van der Waals surface area contributed by atoms with Crippen molar-refractivity contribution in [1.82, 2.24) is 5.32 Å². The van der Waals surface area contributed by atoms with Gasteiger partial charge >= 0.3 is 0 Å².